The molecule has 1 fully saturated rings. The smallest absolute Gasteiger partial charge is 0.226 e. The maximum Gasteiger partial charge on any atom is 0.226 e. The molecule has 1 aliphatic heterocycles. The minimum absolute atomic E-state index is 0.0120. The van der Waals surface area contributed by atoms with Gasteiger partial charge in [-0.3, -0.25) is 4.79 Å². The topological polar surface area (TPSA) is 38.8 Å². The minimum Gasteiger partial charge on any atom is -0.486 e. The van der Waals surface area contributed by atoms with E-state index in [9.17, 15) is 9.18 Å². The Morgan fingerprint density at radius 3 is 2.65 bits per heavy atom. The van der Waals surface area contributed by atoms with E-state index in [1.54, 1.807) is 17.0 Å². The van der Waals surface area contributed by atoms with Gasteiger partial charge in [-0.1, -0.05) is 30.3 Å². The average Bonchev–Trinajstić information content (AvgIpc) is 3.46. The number of rotatable bonds is 5. The fraction of sp³-hybridized carbons (Fsp3) is 0.381. The van der Waals surface area contributed by atoms with Crippen LogP contribution in [0.25, 0.3) is 0 Å². The monoisotopic (exact) mass is 355 g/mol. The first-order valence-corrected chi connectivity index (χ1v) is 9.09. The summed E-state index contributed by atoms with van der Waals surface area (Å²) in [4.78, 5) is 14.7. The van der Waals surface area contributed by atoms with Crippen molar-refractivity contribution in [3.05, 3.63) is 59.9 Å². The average molecular weight is 355 g/mol. The van der Waals surface area contributed by atoms with Crippen LogP contribution in [0.15, 0.2) is 48.5 Å². The van der Waals surface area contributed by atoms with Crippen LogP contribution >= 0.6 is 0 Å². The normalized spacial score (nSPS) is 23.4. The number of fused-ring (bicyclic) bond motifs is 1. The van der Waals surface area contributed by atoms with E-state index >= 15 is 0 Å². The summed E-state index contributed by atoms with van der Waals surface area (Å²) in [5.74, 6) is 1.15. The Bertz CT molecular complexity index is 809. The standard InChI is InChI=1S/C21H22FNO3/c1-2-23(12-14-13-25-19-9-5-6-10-20(19)26-14)21(24)17-11-16(17)15-7-3-4-8-18(15)22/h3-10,14,16-17H,2,11-13H2,1H3. The first kappa shape index (κ1) is 16.9. The van der Waals surface area contributed by atoms with Gasteiger partial charge < -0.3 is 14.4 Å². The summed E-state index contributed by atoms with van der Waals surface area (Å²) in [6.07, 6.45) is 0.515. The van der Waals surface area contributed by atoms with E-state index in [2.05, 4.69) is 0 Å². The van der Waals surface area contributed by atoms with Gasteiger partial charge in [0, 0.05) is 12.5 Å². The number of carbonyl (C=O) groups excluding carboxylic acids is 1. The number of benzene rings is 2. The molecule has 4 nitrogen and oxygen atoms in total. The Kier molecular flexibility index (Phi) is 4.53. The third-order valence-corrected chi connectivity index (χ3v) is 5.10. The van der Waals surface area contributed by atoms with Crippen LogP contribution in [0.1, 0.15) is 24.8 Å². The minimum atomic E-state index is -0.225. The lowest BCUT2D eigenvalue weighted by atomic mass is 10.1. The summed E-state index contributed by atoms with van der Waals surface area (Å²) in [5.41, 5.74) is 0.646. The van der Waals surface area contributed by atoms with Gasteiger partial charge >= 0.3 is 0 Å². The Morgan fingerprint density at radius 2 is 1.88 bits per heavy atom. The number of hydrogen-bond donors (Lipinski definition) is 0. The van der Waals surface area contributed by atoms with Gasteiger partial charge in [0.1, 0.15) is 12.4 Å². The van der Waals surface area contributed by atoms with Crippen LogP contribution in [0.2, 0.25) is 0 Å². The fourth-order valence-corrected chi connectivity index (χ4v) is 3.60. The number of para-hydroxylation sites is 2. The van der Waals surface area contributed by atoms with Crippen LogP contribution in [0.3, 0.4) is 0 Å². The lowest BCUT2D eigenvalue weighted by molar-refractivity contribution is -0.134. The summed E-state index contributed by atoms with van der Waals surface area (Å²) in [5, 5.41) is 0. The summed E-state index contributed by atoms with van der Waals surface area (Å²) in [6.45, 7) is 3.45. The summed E-state index contributed by atoms with van der Waals surface area (Å²) < 4.78 is 25.6. The van der Waals surface area contributed by atoms with E-state index in [1.165, 1.54) is 6.07 Å². The zero-order chi connectivity index (χ0) is 18.1. The maximum absolute atomic E-state index is 14.0. The SMILES string of the molecule is CCN(CC1COc2ccccc2O1)C(=O)C1CC1c1ccccc1F. The van der Waals surface area contributed by atoms with Crippen LogP contribution in [-0.2, 0) is 4.79 Å². The van der Waals surface area contributed by atoms with Gasteiger partial charge in [0.05, 0.1) is 6.54 Å². The lowest BCUT2D eigenvalue weighted by Crippen LogP contribution is -2.44. The quantitative estimate of drug-likeness (QED) is 0.822. The van der Waals surface area contributed by atoms with Crippen molar-refractivity contribution in [2.75, 3.05) is 19.7 Å². The molecule has 26 heavy (non-hydrogen) atoms. The van der Waals surface area contributed by atoms with Crippen molar-refractivity contribution in [3.63, 3.8) is 0 Å². The van der Waals surface area contributed by atoms with Gasteiger partial charge in [-0.25, -0.2) is 4.39 Å². The largest absolute Gasteiger partial charge is 0.486 e. The van der Waals surface area contributed by atoms with E-state index in [4.69, 9.17) is 9.47 Å². The predicted octanol–water partition coefficient (Wildman–Crippen LogP) is 3.62. The summed E-state index contributed by atoms with van der Waals surface area (Å²) in [7, 11) is 0. The Hall–Kier alpha value is -2.56. The number of halogens is 1. The van der Waals surface area contributed by atoms with Gasteiger partial charge in [-0.2, -0.15) is 0 Å². The van der Waals surface area contributed by atoms with Crippen LogP contribution in [-0.4, -0.2) is 36.6 Å². The first-order chi connectivity index (χ1) is 12.7. The van der Waals surface area contributed by atoms with Crippen LogP contribution in [0.5, 0.6) is 11.5 Å². The highest BCUT2D eigenvalue weighted by atomic mass is 19.1. The van der Waals surface area contributed by atoms with Gasteiger partial charge in [0.2, 0.25) is 5.91 Å². The Labute approximate surface area is 152 Å². The Morgan fingerprint density at radius 1 is 1.15 bits per heavy atom. The van der Waals surface area contributed by atoms with Crippen molar-refractivity contribution in [1.82, 2.24) is 4.90 Å². The van der Waals surface area contributed by atoms with Crippen molar-refractivity contribution < 1.29 is 18.7 Å². The molecule has 3 unspecified atom stereocenters. The van der Waals surface area contributed by atoms with Crippen molar-refractivity contribution in [2.45, 2.75) is 25.4 Å². The molecule has 2 aliphatic rings. The number of nitrogens with zero attached hydrogens (tertiary/aromatic N) is 1. The third kappa shape index (κ3) is 3.26. The zero-order valence-corrected chi connectivity index (χ0v) is 14.7. The Balaban J connectivity index is 1.39. The van der Waals surface area contributed by atoms with Crippen LogP contribution in [0, 0.1) is 11.7 Å². The highest BCUT2D eigenvalue weighted by Gasteiger charge is 2.47. The predicted molar refractivity (Wildman–Crippen MR) is 95.9 cm³/mol. The number of amides is 1. The molecule has 0 spiro atoms. The molecule has 3 atom stereocenters. The summed E-state index contributed by atoms with van der Waals surface area (Å²) in [6, 6.07) is 14.3. The molecule has 5 heteroatoms. The maximum atomic E-state index is 14.0. The molecule has 0 aromatic heterocycles. The van der Waals surface area contributed by atoms with Crippen molar-refractivity contribution in [2.24, 2.45) is 5.92 Å². The number of ether oxygens (including phenoxy) is 2. The molecule has 0 bridgehead atoms. The zero-order valence-electron chi connectivity index (χ0n) is 14.7. The van der Waals surface area contributed by atoms with Crippen LogP contribution < -0.4 is 9.47 Å². The van der Waals surface area contributed by atoms with E-state index < -0.39 is 0 Å². The molecule has 1 amide bonds. The van der Waals surface area contributed by atoms with Gasteiger partial charge in [0.25, 0.3) is 0 Å². The molecule has 1 heterocycles. The lowest BCUT2D eigenvalue weighted by Gasteiger charge is -2.31. The van der Waals surface area contributed by atoms with Crippen molar-refractivity contribution >= 4 is 5.91 Å². The molecule has 2 aromatic carbocycles. The molecule has 1 aliphatic carbocycles. The highest BCUT2D eigenvalue weighted by Crippen LogP contribution is 2.49. The second-order valence-electron chi connectivity index (χ2n) is 6.84. The molecular formula is C21H22FNO3. The molecular weight excluding hydrogens is 333 g/mol. The van der Waals surface area contributed by atoms with E-state index in [0.717, 1.165) is 5.75 Å². The second-order valence-corrected chi connectivity index (χ2v) is 6.84. The van der Waals surface area contributed by atoms with E-state index in [0.29, 0.717) is 37.4 Å². The van der Waals surface area contributed by atoms with Crippen molar-refractivity contribution in [3.8, 4) is 11.5 Å². The number of carbonyl (C=O) groups is 1. The van der Waals surface area contributed by atoms with E-state index in [1.807, 2.05) is 37.3 Å². The van der Waals surface area contributed by atoms with Gasteiger partial charge in [0.15, 0.2) is 17.6 Å². The fourth-order valence-electron chi connectivity index (χ4n) is 3.60. The first-order valence-electron chi connectivity index (χ1n) is 9.09. The molecule has 2 aromatic rings. The van der Waals surface area contributed by atoms with Crippen molar-refractivity contribution in [1.29, 1.82) is 0 Å². The van der Waals surface area contributed by atoms with Gasteiger partial charge in [-0.15, -0.1) is 0 Å². The highest BCUT2D eigenvalue weighted by molar-refractivity contribution is 5.83. The molecule has 4 rings (SSSR count). The molecule has 136 valence electrons. The number of likely N-dealkylation sites (N-methyl/N-ethyl adjacent to an activating group) is 1. The van der Waals surface area contributed by atoms with Gasteiger partial charge in [-0.05, 0) is 43.0 Å². The van der Waals surface area contributed by atoms with E-state index in [-0.39, 0.29) is 29.7 Å². The third-order valence-electron chi connectivity index (χ3n) is 5.10. The molecule has 0 radical (unpaired) electrons. The second kappa shape index (κ2) is 6.98. The molecule has 0 N–H and O–H groups in total. The van der Waals surface area contributed by atoms with Crippen LogP contribution in [0.4, 0.5) is 4.39 Å². The summed E-state index contributed by atoms with van der Waals surface area (Å²) >= 11 is 0. The molecule has 1 saturated carbocycles. The molecule has 0 saturated heterocycles. The number of hydrogen-bond acceptors (Lipinski definition) is 3.